The maximum Gasteiger partial charge on any atom is 0.472 e. The molecule has 0 saturated heterocycles. The minimum absolute atomic E-state index is 0.0454. The molecule has 0 heterocycles. The van der Waals surface area contributed by atoms with Gasteiger partial charge >= 0.3 is 7.82 Å². The first-order valence-electron chi connectivity index (χ1n) is 22.1. The van der Waals surface area contributed by atoms with Gasteiger partial charge in [0.2, 0.25) is 5.91 Å². The van der Waals surface area contributed by atoms with E-state index >= 15 is 0 Å². The van der Waals surface area contributed by atoms with Crippen LogP contribution >= 0.6 is 7.82 Å². The van der Waals surface area contributed by atoms with Crippen LogP contribution in [0.2, 0.25) is 0 Å². The van der Waals surface area contributed by atoms with Gasteiger partial charge in [-0.25, -0.2) is 4.57 Å². The summed E-state index contributed by atoms with van der Waals surface area (Å²) >= 11 is 0. The van der Waals surface area contributed by atoms with E-state index in [-0.39, 0.29) is 19.1 Å². The second kappa shape index (κ2) is 38.9. The number of hydrogen-bond acceptors (Lipinski definition) is 5. The fourth-order valence-electron chi connectivity index (χ4n) is 5.49. The number of aliphatic hydroxyl groups is 1. The lowest BCUT2D eigenvalue weighted by atomic mass is 10.1. The van der Waals surface area contributed by atoms with Crippen LogP contribution in [0.1, 0.15) is 149 Å². The summed E-state index contributed by atoms with van der Waals surface area (Å²) in [4.78, 5) is 23.1. The minimum Gasteiger partial charge on any atom is -0.387 e. The third-order valence-electron chi connectivity index (χ3n) is 9.02. The second-order valence-corrected chi connectivity index (χ2v) is 17.1. The molecule has 0 radical (unpaired) electrons. The van der Waals surface area contributed by atoms with Gasteiger partial charge in [0.15, 0.2) is 0 Å². The molecule has 326 valence electrons. The van der Waals surface area contributed by atoms with Gasteiger partial charge in [0, 0.05) is 6.42 Å². The highest BCUT2D eigenvalue weighted by atomic mass is 31.2. The molecule has 0 aliphatic rings. The molecule has 0 saturated carbocycles. The molecule has 3 unspecified atom stereocenters. The number of phosphoric ester groups is 1. The van der Waals surface area contributed by atoms with E-state index in [0.717, 1.165) is 96.3 Å². The van der Waals surface area contributed by atoms with Crippen LogP contribution in [0.25, 0.3) is 0 Å². The van der Waals surface area contributed by atoms with Gasteiger partial charge in [-0.15, -0.1) is 0 Å². The highest BCUT2D eigenvalue weighted by Crippen LogP contribution is 2.43. The van der Waals surface area contributed by atoms with Gasteiger partial charge in [-0.1, -0.05) is 156 Å². The molecular weight excluding hydrogens is 732 g/mol. The summed E-state index contributed by atoms with van der Waals surface area (Å²) in [5.74, 6) is -0.210. The molecule has 0 aliphatic carbocycles. The van der Waals surface area contributed by atoms with E-state index in [2.05, 4.69) is 104 Å². The Labute approximate surface area is 349 Å². The molecule has 8 nitrogen and oxygen atoms in total. The topological polar surface area (TPSA) is 105 Å². The van der Waals surface area contributed by atoms with Crippen molar-refractivity contribution in [2.24, 2.45) is 0 Å². The Morgan fingerprint density at radius 1 is 0.614 bits per heavy atom. The molecule has 9 heteroatoms. The number of quaternary nitrogens is 1. The maximum absolute atomic E-state index is 12.9. The van der Waals surface area contributed by atoms with Crippen molar-refractivity contribution in [3.8, 4) is 0 Å². The van der Waals surface area contributed by atoms with Crippen LogP contribution in [-0.4, -0.2) is 73.4 Å². The number of aliphatic hydroxyl groups excluding tert-OH is 1. The van der Waals surface area contributed by atoms with Gasteiger partial charge in [-0.3, -0.25) is 13.8 Å². The van der Waals surface area contributed by atoms with Crippen molar-refractivity contribution in [3.05, 3.63) is 97.2 Å². The molecular formula is C48H84N2O6P+. The summed E-state index contributed by atoms with van der Waals surface area (Å²) in [6.45, 7) is 4.58. The molecule has 0 aromatic rings. The Bertz CT molecular complexity index is 1240. The number of hydrogen-bond donors (Lipinski definition) is 3. The summed E-state index contributed by atoms with van der Waals surface area (Å²) < 4.78 is 23.5. The molecule has 3 N–H and O–H groups in total. The van der Waals surface area contributed by atoms with Crippen molar-refractivity contribution in [1.29, 1.82) is 0 Å². The number of phosphoric acid groups is 1. The zero-order chi connectivity index (χ0) is 42.1. The van der Waals surface area contributed by atoms with E-state index in [1.807, 2.05) is 27.2 Å². The van der Waals surface area contributed by atoms with Crippen LogP contribution in [0.4, 0.5) is 0 Å². The zero-order valence-electron chi connectivity index (χ0n) is 36.8. The summed E-state index contributed by atoms with van der Waals surface area (Å²) in [7, 11) is 1.52. The number of unbranched alkanes of at least 4 members (excludes halogenated alkanes) is 11. The van der Waals surface area contributed by atoms with Crippen LogP contribution in [0, 0.1) is 0 Å². The Hall–Kier alpha value is -2.58. The standard InChI is InChI=1S/C48H83N2O6P/c1-6-8-10-12-14-16-18-20-21-22-23-24-25-26-27-28-29-30-32-34-36-38-40-42-48(52)49-46(45-56-57(53,54)55-44-43-50(3,4)5)47(51)41-39-37-35-33-31-19-17-15-13-11-9-7-2/h8,10,13-16,20-21,23-24,26-27,31,33,39,41,46-47,51H,6-7,9,11-12,17-19,22,25,28-30,32,34-38,40,42-45H2,1-5H3,(H-,49,52,53,54)/p+1/b10-8-,15-13+,16-14-,21-20-,24-23-,27-26-,33-31+,41-39+. The van der Waals surface area contributed by atoms with Crippen molar-refractivity contribution >= 4 is 13.7 Å². The molecule has 57 heavy (non-hydrogen) atoms. The van der Waals surface area contributed by atoms with Crippen molar-refractivity contribution in [2.75, 3.05) is 40.9 Å². The van der Waals surface area contributed by atoms with E-state index in [9.17, 15) is 19.4 Å². The van der Waals surface area contributed by atoms with E-state index in [1.54, 1.807) is 6.08 Å². The molecule has 0 bridgehead atoms. The monoisotopic (exact) mass is 816 g/mol. The van der Waals surface area contributed by atoms with E-state index in [4.69, 9.17) is 9.05 Å². The van der Waals surface area contributed by atoms with E-state index in [1.165, 1.54) is 32.1 Å². The lowest BCUT2D eigenvalue weighted by molar-refractivity contribution is -0.870. The number of carbonyl (C=O) groups excluding carboxylic acids is 1. The van der Waals surface area contributed by atoms with Crippen LogP contribution in [0.15, 0.2) is 97.2 Å². The fraction of sp³-hybridized carbons (Fsp3) is 0.646. The number of nitrogens with one attached hydrogen (secondary N) is 1. The van der Waals surface area contributed by atoms with Crippen molar-refractivity contribution in [3.63, 3.8) is 0 Å². The summed E-state index contributed by atoms with van der Waals surface area (Å²) in [5, 5.41) is 13.8. The Kier molecular flexibility index (Phi) is 37.2. The molecule has 0 aromatic heterocycles. The molecule has 1 amide bonds. The van der Waals surface area contributed by atoms with Gasteiger partial charge in [0.05, 0.1) is 39.9 Å². The summed E-state index contributed by atoms with van der Waals surface area (Å²) in [5.41, 5.74) is 0. The Balaban J connectivity index is 4.43. The van der Waals surface area contributed by atoms with Gasteiger partial charge in [0.1, 0.15) is 13.2 Å². The lowest BCUT2D eigenvalue weighted by Gasteiger charge is -2.25. The first-order chi connectivity index (χ1) is 27.5. The summed E-state index contributed by atoms with van der Waals surface area (Å²) in [6.07, 6.45) is 54.8. The van der Waals surface area contributed by atoms with Crippen molar-refractivity contribution in [1.82, 2.24) is 5.32 Å². The van der Waals surface area contributed by atoms with Gasteiger partial charge in [-0.05, 0) is 83.5 Å². The SMILES string of the molecule is CC/C=C\C/C=C\C/C=C\C/C=C\C/C=C\CCCCCCCCCC(=O)NC(COP(=O)(O)OCC[N+](C)(C)C)C(O)/C=C/CC/C=C/CC/C=C/CCCC. The highest BCUT2D eigenvalue weighted by molar-refractivity contribution is 7.47. The zero-order valence-corrected chi connectivity index (χ0v) is 37.7. The number of nitrogens with zero attached hydrogens (tertiary/aromatic N) is 1. The van der Waals surface area contributed by atoms with Crippen LogP contribution < -0.4 is 5.32 Å². The second-order valence-electron chi connectivity index (χ2n) is 15.7. The molecule has 0 aliphatic heterocycles. The number of carbonyl (C=O) groups is 1. The third-order valence-corrected chi connectivity index (χ3v) is 10.00. The predicted octanol–water partition coefficient (Wildman–Crippen LogP) is 12.4. The van der Waals surface area contributed by atoms with Gasteiger partial charge < -0.3 is 19.8 Å². The van der Waals surface area contributed by atoms with E-state index in [0.29, 0.717) is 17.4 Å². The van der Waals surface area contributed by atoms with Crippen molar-refractivity contribution < 1.29 is 32.9 Å². The first-order valence-corrected chi connectivity index (χ1v) is 23.6. The molecule has 3 atom stereocenters. The van der Waals surface area contributed by atoms with E-state index < -0.39 is 20.0 Å². The Morgan fingerprint density at radius 3 is 1.61 bits per heavy atom. The average Bonchev–Trinajstić information content (AvgIpc) is 3.16. The molecule has 0 aromatic carbocycles. The number of rotatable bonds is 38. The molecule has 0 rings (SSSR count). The van der Waals surface area contributed by atoms with Crippen molar-refractivity contribution in [2.45, 2.75) is 161 Å². The van der Waals surface area contributed by atoms with Gasteiger partial charge in [0.25, 0.3) is 0 Å². The lowest BCUT2D eigenvalue weighted by Crippen LogP contribution is -2.45. The smallest absolute Gasteiger partial charge is 0.387 e. The maximum atomic E-state index is 12.9. The predicted molar refractivity (Wildman–Crippen MR) is 244 cm³/mol. The summed E-state index contributed by atoms with van der Waals surface area (Å²) in [6, 6.07) is -0.880. The first kappa shape index (κ1) is 54.4. The van der Waals surface area contributed by atoms with Crippen LogP contribution in [0.3, 0.4) is 0 Å². The van der Waals surface area contributed by atoms with Crippen LogP contribution in [-0.2, 0) is 18.4 Å². The Morgan fingerprint density at radius 2 is 1.07 bits per heavy atom. The van der Waals surface area contributed by atoms with Crippen LogP contribution in [0.5, 0.6) is 0 Å². The number of likely N-dealkylation sites (N-methyl/N-ethyl adjacent to an activating group) is 1. The van der Waals surface area contributed by atoms with Gasteiger partial charge in [-0.2, -0.15) is 0 Å². The third kappa shape index (κ3) is 41.4. The molecule has 0 fully saturated rings. The largest absolute Gasteiger partial charge is 0.472 e. The minimum atomic E-state index is -4.36. The quantitative estimate of drug-likeness (QED) is 0.0248. The average molecular weight is 816 g/mol. The number of amides is 1. The normalized spacial score (nSPS) is 15.3. The molecule has 0 spiro atoms. The fourth-order valence-corrected chi connectivity index (χ4v) is 6.23. The number of allylic oxidation sites excluding steroid dienone is 15. The highest BCUT2D eigenvalue weighted by Gasteiger charge is 2.27.